The van der Waals surface area contributed by atoms with Gasteiger partial charge in [0.05, 0.1) is 33.5 Å². The number of pyridine rings is 1. The van der Waals surface area contributed by atoms with Crippen LogP contribution in [0.4, 0.5) is 4.39 Å². The van der Waals surface area contributed by atoms with E-state index in [-0.39, 0.29) is 23.3 Å². The van der Waals surface area contributed by atoms with Gasteiger partial charge in [0.25, 0.3) is 0 Å². The van der Waals surface area contributed by atoms with Crippen LogP contribution in [0.5, 0.6) is 0 Å². The van der Waals surface area contributed by atoms with Gasteiger partial charge < -0.3 is 0 Å². The van der Waals surface area contributed by atoms with Crippen molar-refractivity contribution in [3.05, 3.63) is 83.2 Å². The number of hydrogen-bond donors (Lipinski definition) is 0. The molecule has 180 valence electrons. The lowest BCUT2D eigenvalue weighted by Gasteiger charge is -2.44. The Morgan fingerprint density at radius 2 is 1.86 bits per heavy atom. The molecule has 3 aromatic rings. The fourth-order valence-electron chi connectivity index (χ4n) is 5.85. The number of carbonyl (C=O) groups is 1. The number of sulfone groups is 1. The Balaban J connectivity index is 1.44. The standard InChI is InChI=1S/C27H26FN3O3S/c28-20-8-10-21(11-9-20)31-25-14-19-7-12-23(35(33,34)22-4-3-5-22)16-27(19,15-18(25)17-30-31)26(32)24-6-1-2-13-29-24/h1-2,6,8-11,13-14,17,22-23H,3-5,7,12,15-16H2/t23-,27-/m0/s1. The molecule has 0 saturated heterocycles. The summed E-state index contributed by atoms with van der Waals surface area (Å²) in [5, 5.41) is 3.73. The number of nitrogens with zero attached hydrogens (tertiary/aromatic N) is 3. The van der Waals surface area contributed by atoms with Crippen LogP contribution in [-0.2, 0) is 16.3 Å². The first-order chi connectivity index (χ1) is 16.9. The minimum absolute atomic E-state index is 0.127. The van der Waals surface area contributed by atoms with Crippen LogP contribution >= 0.6 is 0 Å². The maximum Gasteiger partial charge on any atom is 0.191 e. The predicted molar refractivity (Wildman–Crippen MR) is 130 cm³/mol. The molecule has 1 aromatic carbocycles. The van der Waals surface area contributed by atoms with Gasteiger partial charge in [0.1, 0.15) is 11.5 Å². The highest BCUT2D eigenvalue weighted by Crippen LogP contribution is 2.52. The summed E-state index contributed by atoms with van der Waals surface area (Å²) in [7, 11) is -3.31. The monoisotopic (exact) mass is 491 g/mol. The van der Waals surface area contributed by atoms with Crippen molar-refractivity contribution in [2.75, 3.05) is 0 Å². The minimum Gasteiger partial charge on any atom is -0.291 e. The number of ketones is 1. The van der Waals surface area contributed by atoms with Gasteiger partial charge in [-0.25, -0.2) is 17.5 Å². The maximum absolute atomic E-state index is 14.0. The number of halogens is 1. The molecule has 0 amide bonds. The maximum atomic E-state index is 14.0. The summed E-state index contributed by atoms with van der Waals surface area (Å²) < 4.78 is 42.1. The summed E-state index contributed by atoms with van der Waals surface area (Å²) in [5.74, 6) is -0.447. The first-order valence-electron chi connectivity index (χ1n) is 12.1. The van der Waals surface area contributed by atoms with Crippen molar-refractivity contribution in [3.63, 3.8) is 0 Å². The molecule has 2 atom stereocenters. The number of carbonyl (C=O) groups excluding carboxylic acids is 1. The molecular weight excluding hydrogens is 465 g/mol. The highest BCUT2D eigenvalue weighted by atomic mass is 32.2. The average molecular weight is 492 g/mol. The lowest BCUT2D eigenvalue weighted by Crippen LogP contribution is -2.48. The molecular formula is C27H26FN3O3S. The van der Waals surface area contributed by atoms with Gasteiger partial charge in [-0.1, -0.05) is 18.1 Å². The number of Topliss-reactive ketones (excluding diaryl/α,β-unsaturated/α-hetero) is 1. The molecule has 0 unspecified atom stereocenters. The molecule has 6 rings (SSSR count). The lowest BCUT2D eigenvalue weighted by molar-refractivity contribution is 0.0796. The summed E-state index contributed by atoms with van der Waals surface area (Å²) in [6.45, 7) is 0. The van der Waals surface area contributed by atoms with Crippen molar-refractivity contribution in [1.29, 1.82) is 0 Å². The number of hydrogen-bond acceptors (Lipinski definition) is 5. The van der Waals surface area contributed by atoms with Gasteiger partial charge in [0.2, 0.25) is 0 Å². The molecule has 6 nitrogen and oxygen atoms in total. The van der Waals surface area contributed by atoms with E-state index in [0.717, 1.165) is 41.8 Å². The van der Waals surface area contributed by atoms with Gasteiger partial charge >= 0.3 is 0 Å². The number of fused-ring (bicyclic) bond motifs is 2. The third-order valence-electron chi connectivity index (χ3n) is 8.00. The summed E-state index contributed by atoms with van der Waals surface area (Å²) in [4.78, 5) is 18.4. The van der Waals surface area contributed by atoms with Crippen molar-refractivity contribution >= 4 is 21.7 Å². The van der Waals surface area contributed by atoms with E-state index in [0.29, 0.717) is 25.0 Å². The number of allylic oxidation sites excluding steroid dienone is 1. The van der Waals surface area contributed by atoms with Gasteiger partial charge in [0, 0.05) is 6.20 Å². The second-order valence-corrected chi connectivity index (χ2v) is 12.4. The van der Waals surface area contributed by atoms with Crippen molar-refractivity contribution in [3.8, 4) is 5.69 Å². The number of aromatic nitrogens is 3. The smallest absolute Gasteiger partial charge is 0.191 e. The Hall–Kier alpha value is -3.13. The van der Waals surface area contributed by atoms with Crippen LogP contribution in [0, 0.1) is 11.2 Å². The molecule has 0 aliphatic heterocycles. The Kier molecular flexibility index (Phi) is 5.25. The van der Waals surface area contributed by atoms with Crippen molar-refractivity contribution in [2.24, 2.45) is 5.41 Å². The first-order valence-corrected chi connectivity index (χ1v) is 13.7. The fraction of sp³-hybridized carbons (Fsp3) is 0.370. The van der Waals surface area contributed by atoms with E-state index in [9.17, 15) is 17.6 Å². The van der Waals surface area contributed by atoms with Crippen LogP contribution in [-0.4, -0.2) is 39.5 Å². The Morgan fingerprint density at radius 1 is 1.06 bits per heavy atom. The molecule has 35 heavy (non-hydrogen) atoms. The van der Waals surface area contributed by atoms with E-state index < -0.39 is 20.5 Å². The summed E-state index contributed by atoms with van der Waals surface area (Å²) >= 11 is 0. The third-order valence-corrected chi connectivity index (χ3v) is 10.7. The van der Waals surface area contributed by atoms with E-state index in [4.69, 9.17) is 0 Å². The van der Waals surface area contributed by atoms with Crippen LogP contribution in [0.2, 0.25) is 0 Å². The molecule has 0 N–H and O–H groups in total. The molecule has 0 bridgehead atoms. The van der Waals surface area contributed by atoms with E-state index in [1.807, 2.05) is 6.08 Å². The largest absolute Gasteiger partial charge is 0.291 e. The topological polar surface area (TPSA) is 81.9 Å². The van der Waals surface area contributed by atoms with Crippen LogP contribution < -0.4 is 0 Å². The zero-order chi connectivity index (χ0) is 24.2. The Labute approximate surface area is 203 Å². The molecule has 0 radical (unpaired) electrons. The fourth-order valence-corrected chi connectivity index (χ4v) is 8.34. The van der Waals surface area contributed by atoms with Crippen molar-refractivity contribution in [2.45, 2.75) is 55.4 Å². The second kappa shape index (κ2) is 8.22. The molecule has 3 aliphatic carbocycles. The summed E-state index contributed by atoms with van der Waals surface area (Å²) in [5.41, 5.74) is 2.80. The van der Waals surface area contributed by atoms with Gasteiger partial charge in [-0.05, 0) is 86.6 Å². The van der Waals surface area contributed by atoms with Crippen molar-refractivity contribution < 1.29 is 17.6 Å². The average Bonchev–Trinajstić information content (AvgIpc) is 3.23. The predicted octanol–water partition coefficient (Wildman–Crippen LogP) is 4.74. The van der Waals surface area contributed by atoms with Gasteiger partial charge in [-0.15, -0.1) is 0 Å². The molecule has 3 aliphatic rings. The summed E-state index contributed by atoms with van der Waals surface area (Å²) in [6, 6.07) is 11.4. The third kappa shape index (κ3) is 3.57. The van der Waals surface area contributed by atoms with Crippen LogP contribution in [0.1, 0.15) is 60.3 Å². The quantitative estimate of drug-likeness (QED) is 0.482. The number of benzene rings is 1. The molecule has 8 heteroatoms. The minimum atomic E-state index is -3.31. The number of rotatable bonds is 5. The molecule has 2 aromatic heterocycles. The zero-order valence-electron chi connectivity index (χ0n) is 19.2. The highest BCUT2D eigenvalue weighted by molar-refractivity contribution is 7.92. The SMILES string of the molecule is O=C(c1ccccn1)[C@]12Cc3cnn(-c4ccc(F)cc4)c3C=C1CC[C@H](S(=O)(=O)C1CCC1)C2. The zero-order valence-corrected chi connectivity index (χ0v) is 20.0. The van der Waals surface area contributed by atoms with Crippen LogP contribution in [0.15, 0.2) is 60.4 Å². The van der Waals surface area contributed by atoms with Gasteiger partial charge in [-0.3, -0.25) is 9.78 Å². The van der Waals surface area contributed by atoms with E-state index in [1.54, 1.807) is 47.4 Å². The van der Waals surface area contributed by atoms with Gasteiger partial charge in [-0.2, -0.15) is 5.10 Å². The summed E-state index contributed by atoms with van der Waals surface area (Å²) in [6.07, 6.45) is 9.42. The first kappa shape index (κ1) is 22.3. The normalized spacial score (nSPS) is 24.1. The lowest BCUT2D eigenvalue weighted by atomic mass is 9.61. The highest BCUT2D eigenvalue weighted by Gasteiger charge is 2.53. The van der Waals surface area contributed by atoms with E-state index in [2.05, 4.69) is 10.1 Å². The molecule has 2 fully saturated rings. The van der Waals surface area contributed by atoms with E-state index >= 15 is 0 Å². The second-order valence-electron chi connectivity index (χ2n) is 9.92. The Bertz CT molecular complexity index is 1430. The molecule has 2 saturated carbocycles. The molecule has 0 spiro atoms. The van der Waals surface area contributed by atoms with Crippen LogP contribution in [0.25, 0.3) is 11.8 Å². The molecule has 2 heterocycles. The Morgan fingerprint density at radius 3 is 2.54 bits per heavy atom. The van der Waals surface area contributed by atoms with E-state index in [1.165, 1.54) is 12.1 Å². The van der Waals surface area contributed by atoms with Gasteiger partial charge in [0.15, 0.2) is 15.6 Å². The van der Waals surface area contributed by atoms with Crippen molar-refractivity contribution in [1.82, 2.24) is 14.8 Å². The van der Waals surface area contributed by atoms with Crippen LogP contribution in [0.3, 0.4) is 0 Å².